The number of imide groups is 1. The number of rotatable bonds is 2. The van der Waals surface area contributed by atoms with Crippen LogP contribution in [-0.2, 0) is 14.4 Å². The Morgan fingerprint density at radius 1 is 0.938 bits per heavy atom. The fourth-order valence-electron chi connectivity index (χ4n) is 5.59. The summed E-state index contributed by atoms with van der Waals surface area (Å²) < 4.78 is 0. The van der Waals surface area contributed by atoms with Crippen molar-refractivity contribution in [2.45, 2.75) is 46.7 Å². The van der Waals surface area contributed by atoms with Crippen LogP contribution in [0.25, 0.3) is 6.08 Å². The molecular weight excluding hydrogens is 400 g/mol. The maximum atomic E-state index is 13.9. The zero-order valence-electron chi connectivity index (χ0n) is 19.1. The smallest absolute Gasteiger partial charge is 0.240 e. The van der Waals surface area contributed by atoms with E-state index in [0.29, 0.717) is 5.69 Å². The first kappa shape index (κ1) is 20.7. The van der Waals surface area contributed by atoms with E-state index in [1.165, 1.54) is 4.90 Å². The largest absolute Gasteiger partial charge is 0.359 e. The van der Waals surface area contributed by atoms with E-state index in [1.54, 1.807) is 0 Å². The minimum atomic E-state index is -0.698. The van der Waals surface area contributed by atoms with Crippen molar-refractivity contribution in [1.82, 2.24) is 4.90 Å². The number of Topliss-reactive ketones (excluding diaryl/α,β-unsaturated/α-hetero) is 1. The van der Waals surface area contributed by atoms with Crippen LogP contribution in [0.2, 0.25) is 0 Å². The van der Waals surface area contributed by atoms with Crippen LogP contribution in [-0.4, -0.2) is 28.5 Å². The van der Waals surface area contributed by atoms with Crippen molar-refractivity contribution in [3.05, 3.63) is 70.9 Å². The third kappa shape index (κ3) is 2.80. The third-order valence-corrected chi connectivity index (χ3v) is 7.06. The highest BCUT2D eigenvalue weighted by Gasteiger charge is 2.65. The van der Waals surface area contributed by atoms with E-state index < -0.39 is 23.3 Å². The van der Waals surface area contributed by atoms with Gasteiger partial charge in [0.2, 0.25) is 11.8 Å². The Kier molecular flexibility index (Phi) is 4.45. The Labute approximate surface area is 188 Å². The summed E-state index contributed by atoms with van der Waals surface area (Å²) in [5.41, 5.74) is 3.97. The van der Waals surface area contributed by atoms with E-state index in [4.69, 9.17) is 0 Å². The SMILES string of the molecule is Cc1ccc(N2C(=O)[C@@H]3[C@H](C2=O)[C@@H]2c4ccccc4C=CN2[C@H]3C(=O)C(C)(C)C)c(C)c1. The molecular formula is C27H28N2O3. The number of hydrogen-bond acceptors (Lipinski definition) is 4. The zero-order valence-corrected chi connectivity index (χ0v) is 19.1. The van der Waals surface area contributed by atoms with Crippen LogP contribution in [0, 0.1) is 31.1 Å². The standard InChI is InChI=1S/C27H28N2O3/c1-15-10-11-19(16(2)14-15)29-25(31)20-21(26(29)32)23(24(30)27(3,4)5)28-13-12-17-8-6-7-9-18(17)22(20)28/h6-14,20-23H,1-5H3/t20-,21+,22-,23+/m0/s1. The van der Waals surface area contributed by atoms with Crippen LogP contribution in [0.15, 0.2) is 48.7 Å². The third-order valence-electron chi connectivity index (χ3n) is 7.06. The number of fused-ring (bicyclic) bond motifs is 5. The van der Waals surface area contributed by atoms with E-state index in [2.05, 4.69) is 0 Å². The first-order valence-electron chi connectivity index (χ1n) is 11.1. The summed E-state index contributed by atoms with van der Waals surface area (Å²) in [6, 6.07) is 12.7. The van der Waals surface area contributed by atoms with Gasteiger partial charge in [0, 0.05) is 11.6 Å². The summed E-state index contributed by atoms with van der Waals surface area (Å²) in [4.78, 5) is 44.6. The van der Waals surface area contributed by atoms with Crippen molar-refractivity contribution < 1.29 is 14.4 Å². The zero-order chi connectivity index (χ0) is 22.9. The monoisotopic (exact) mass is 428 g/mol. The van der Waals surface area contributed by atoms with Crippen LogP contribution in [0.4, 0.5) is 5.69 Å². The molecule has 2 amide bonds. The fourth-order valence-corrected chi connectivity index (χ4v) is 5.59. The molecule has 2 fully saturated rings. The predicted molar refractivity (Wildman–Crippen MR) is 124 cm³/mol. The van der Waals surface area contributed by atoms with E-state index in [1.807, 2.05) is 94.3 Å². The van der Waals surface area contributed by atoms with Crippen LogP contribution < -0.4 is 4.90 Å². The average Bonchev–Trinajstić information content (AvgIpc) is 3.20. The summed E-state index contributed by atoms with van der Waals surface area (Å²) in [5, 5.41) is 0. The van der Waals surface area contributed by atoms with Crippen LogP contribution in [0.1, 0.15) is 49.1 Å². The first-order chi connectivity index (χ1) is 15.1. The molecule has 5 nitrogen and oxygen atoms in total. The fraction of sp³-hybridized carbons (Fsp3) is 0.370. The number of hydrogen-bond donors (Lipinski definition) is 0. The predicted octanol–water partition coefficient (Wildman–Crippen LogP) is 4.43. The average molecular weight is 429 g/mol. The Morgan fingerprint density at radius 2 is 1.62 bits per heavy atom. The van der Waals surface area contributed by atoms with Crippen LogP contribution >= 0.6 is 0 Å². The molecule has 5 heteroatoms. The van der Waals surface area contributed by atoms with Crippen LogP contribution in [0.5, 0.6) is 0 Å². The van der Waals surface area contributed by atoms with Crippen molar-refractivity contribution in [2.75, 3.05) is 4.90 Å². The van der Waals surface area contributed by atoms with Crippen molar-refractivity contribution in [2.24, 2.45) is 17.3 Å². The molecule has 0 radical (unpaired) electrons. The molecule has 0 aliphatic carbocycles. The van der Waals surface area contributed by atoms with Crippen molar-refractivity contribution >= 4 is 29.4 Å². The van der Waals surface area contributed by atoms with Crippen molar-refractivity contribution in [3.8, 4) is 0 Å². The highest BCUT2D eigenvalue weighted by atomic mass is 16.2. The minimum Gasteiger partial charge on any atom is -0.359 e. The molecule has 164 valence electrons. The number of aryl methyl sites for hydroxylation is 2. The molecule has 0 spiro atoms. The maximum Gasteiger partial charge on any atom is 0.240 e. The lowest BCUT2D eigenvalue weighted by Crippen LogP contribution is -2.47. The van der Waals surface area contributed by atoms with E-state index in [0.717, 1.165) is 22.3 Å². The molecule has 5 rings (SSSR count). The van der Waals surface area contributed by atoms with Crippen molar-refractivity contribution in [1.29, 1.82) is 0 Å². The minimum absolute atomic E-state index is 0.0114. The number of amides is 2. The highest BCUT2D eigenvalue weighted by Crippen LogP contribution is 2.54. The van der Waals surface area contributed by atoms with Gasteiger partial charge in [-0.2, -0.15) is 0 Å². The molecule has 0 N–H and O–H groups in total. The summed E-state index contributed by atoms with van der Waals surface area (Å²) >= 11 is 0. The second-order valence-corrected chi connectivity index (χ2v) is 10.2. The van der Waals surface area contributed by atoms with Crippen molar-refractivity contribution in [3.63, 3.8) is 0 Å². The van der Waals surface area contributed by atoms with Gasteiger partial charge in [0.05, 0.1) is 23.6 Å². The van der Waals surface area contributed by atoms with E-state index in [-0.39, 0.29) is 23.6 Å². The molecule has 4 atom stereocenters. The van der Waals surface area contributed by atoms with Gasteiger partial charge in [-0.05, 0) is 42.7 Å². The molecule has 0 unspecified atom stereocenters. The molecule has 0 bridgehead atoms. The lowest BCUT2D eigenvalue weighted by molar-refractivity contribution is -0.135. The topological polar surface area (TPSA) is 57.7 Å². The Bertz CT molecular complexity index is 1190. The van der Waals surface area contributed by atoms with Gasteiger partial charge in [0.1, 0.15) is 6.04 Å². The van der Waals surface area contributed by atoms with Gasteiger partial charge in [0.25, 0.3) is 0 Å². The molecule has 32 heavy (non-hydrogen) atoms. The Hall–Kier alpha value is -3.21. The molecule has 0 saturated carbocycles. The van der Waals surface area contributed by atoms with Gasteiger partial charge in [0.15, 0.2) is 5.78 Å². The highest BCUT2D eigenvalue weighted by molar-refractivity contribution is 6.24. The molecule has 2 saturated heterocycles. The molecule has 2 aromatic rings. The lowest BCUT2D eigenvalue weighted by atomic mass is 9.79. The maximum absolute atomic E-state index is 13.9. The molecule has 3 aliphatic rings. The van der Waals surface area contributed by atoms with Gasteiger partial charge in [-0.3, -0.25) is 14.4 Å². The lowest BCUT2D eigenvalue weighted by Gasteiger charge is -2.37. The Balaban J connectivity index is 1.68. The Morgan fingerprint density at radius 3 is 2.31 bits per heavy atom. The summed E-state index contributed by atoms with van der Waals surface area (Å²) in [6.07, 6.45) is 3.88. The van der Waals surface area contributed by atoms with E-state index in [9.17, 15) is 14.4 Å². The van der Waals surface area contributed by atoms with Gasteiger partial charge in [-0.1, -0.05) is 62.7 Å². The van der Waals surface area contributed by atoms with Gasteiger partial charge in [-0.15, -0.1) is 0 Å². The molecule has 0 aromatic heterocycles. The van der Waals surface area contributed by atoms with Crippen LogP contribution in [0.3, 0.4) is 0 Å². The number of ketones is 1. The van der Waals surface area contributed by atoms with Gasteiger partial charge < -0.3 is 4.90 Å². The number of anilines is 1. The van der Waals surface area contributed by atoms with Gasteiger partial charge in [-0.25, -0.2) is 4.90 Å². The summed E-state index contributed by atoms with van der Waals surface area (Å²) in [5.74, 6) is -1.78. The second kappa shape index (κ2) is 6.89. The van der Waals surface area contributed by atoms with Gasteiger partial charge >= 0.3 is 0 Å². The second-order valence-electron chi connectivity index (χ2n) is 10.2. The normalized spacial score (nSPS) is 26.3. The number of nitrogens with zero attached hydrogens (tertiary/aromatic N) is 2. The number of benzene rings is 2. The molecule has 2 aromatic carbocycles. The first-order valence-corrected chi connectivity index (χ1v) is 11.1. The summed E-state index contributed by atoms with van der Waals surface area (Å²) in [6.45, 7) is 9.54. The number of carbonyl (C=O) groups excluding carboxylic acids is 3. The number of carbonyl (C=O) groups is 3. The molecule has 3 heterocycles. The molecule has 3 aliphatic heterocycles. The quantitative estimate of drug-likeness (QED) is 0.664. The summed E-state index contributed by atoms with van der Waals surface area (Å²) in [7, 11) is 0. The van der Waals surface area contributed by atoms with E-state index >= 15 is 0 Å².